The van der Waals surface area contributed by atoms with Crippen molar-refractivity contribution in [3.8, 4) is 0 Å². The van der Waals surface area contributed by atoms with Crippen LogP contribution in [0.25, 0.3) is 0 Å². The third-order valence-electron chi connectivity index (χ3n) is 3.29. The van der Waals surface area contributed by atoms with Crippen molar-refractivity contribution in [2.75, 3.05) is 5.32 Å². The maximum absolute atomic E-state index is 12.0. The summed E-state index contributed by atoms with van der Waals surface area (Å²) in [5.74, 6) is 0.366. The van der Waals surface area contributed by atoms with Gasteiger partial charge in [-0.2, -0.15) is 0 Å². The molecule has 1 aromatic heterocycles. The zero-order valence-electron chi connectivity index (χ0n) is 12.0. The van der Waals surface area contributed by atoms with Gasteiger partial charge in [-0.25, -0.2) is 9.97 Å². The SMILES string of the molecule is Cc1cc(C(=O)NC2CC2)nc(NCc2ccccc2)n1. The number of hydrogen-bond acceptors (Lipinski definition) is 4. The lowest BCUT2D eigenvalue weighted by Gasteiger charge is -2.08. The number of aryl methyl sites for hydroxylation is 1. The quantitative estimate of drug-likeness (QED) is 0.883. The lowest BCUT2D eigenvalue weighted by molar-refractivity contribution is 0.0946. The molecule has 0 aliphatic heterocycles. The molecule has 0 unspecified atom stereocenters. The highest BCUT2D eigenvalue weighted by molar-refractivity contribution is 5.93. The summed E-state index contributed by atoms with van der Waals surface area (Å²) >= 11 is 0. The summed E-state index contributed by atoms with van der Waals surface area (Å²) < 4.78 is 0. The Labute approximate surface area is 123 Å². The average molecular weight is 282 g/mol. The van der Waals surface area contributed by atoms with E-state index in [-0.39, 0.29) is 5.91 Å². The Morgan fingerprint density at radius 2 is 2.00 bits per heavy atom. The van der Waals surface area contributed by atoms with Crippen LogP contribution in [0.5, 0.6) is 0 Å². The number of carbonyl (C=O) groups is 1. The summed E-state index contributed by atoms with van der Waals surface area (Å²) in [4.78, 5) is 20.7. The molecule has 0 atom stereocenters. The van der Waals surface area contributed by atoms with Crippen molar-refractivity contribution >= 4 is 11.9 Å². The molecule has 21 heavy (non-hydrogen) atoms. The highest BCUT2D eigenvalue weighted by Crippen LogP contribution is 2.19. The van der Waals surface area contributed by atoms with Gasteiger partial charge in [-0.05, 0) is 31.4 Å². The molecular weight excluding hydrogens is 264 g/mol. The fourth-order valence-corrected chi connectivity index (χ4v) is 2.03. The Bertz CT molecular complexity index is 638. The molecule has 5 nitrogen and oxygen atoms in total. The Balaban J connectivity index is 1.69. The van der Waals surface area contributed by atoms with Crippen LogP contribution in [0.1, 0.15) is 34.6 Å². The van der Waals surface area contributed by atoms with E-state index in [4.69, 9.17) is 0 Å². The smallest absolute Gasteiger partial charge is 0.270 e. The third-order valence-corrected chi connectivity index (χ3v) is 3.29. The topological polar surface area (TPSA) is 66.9 Å². The molecule has 1 saturated carbocycles. The first-order valence-electron chi connectivity index (χ1n) is 7.15. The molecule has 3 rings (SSSR count). The van der Waals surface area contributed by atoms with Crippen LogP contribution in [0, 0.1) is 6.92 Å². The van der Waals surface area contributed by atoms with Crippen LogP contribution in [-0.2, 0) is 6.54 Å². The zero-order valence-corrected chi connectivity index (χ0v) is 12.0. The van der Waals surface area contributed by atoms with Crippen LogP contribution in [-0.4, -0.2) is 21.9 Å². The lowest BCUT2D eigenvalue weighted by Crippen LogP contribution is -2.26. The van der Waals surface area contributed by atoms with Crippen LogP contribution >= 0.6 is 0 Å². The predicted octanol–water partition coefficient (Wildman–Crippen LogP) is 2.29. The molecule has 0 bridgehead atoms. The Hall–Kier alpha value is -2.43. The summed E-state index contributed by atoms with van der Waals surface area (Å²) in [5.41, 5.74) is 2.35. The van der Waals surface area contributed by atoms with E-state index in [1.54, 1.807) is 6.07 Å². The van der Waals surface area contributed by atoms with Crippen molar-refractivity contribution < 1.29 is 4.79 Å². The van der Waals surface area contributed by atoms with Crippen molar-refractivity contribution in [2.24, 2.45) is 0 Å². The summed E-state index contributed by atoms with van der Waals surface area (Å²) in [5, 5.41) is 6.11. The molecule has 0 radical (unpaired) electrons. The van der Waals surface area contributed by atoms with Gasteiger partial charge in [-0.1, -0.05) is 30.3 Å². The van der Waals surface area contributed by atoms with E-state index in [9.17, 15) is 4.79 Å². The van der Waals surface area contributed by atoms with Crippen molar-refractivity contribution in [3.63, 3.8) is 0 Å². The molecule has 1 amide bonds. The molecule has 1 aliphatic carbocycles. The van der Waals surface area contributed by atoms with Crippen LogP contribution in [0.15, 0.2) is 36.4 Å². The first-order chi connectivity index (χ1) is 10.2. The van der Waals surface area contributed by atoms with Gasteiger partial charge in [0.05, 0.1) is 0 Å². The Morgan fingerprint density at radius 1 is 1.24 bits per heavy atom. The molecule has 1 heterocycles. The van der Waals surface area contributed by atoms with Crippen molar-refractivity contribution in [2.45, 2.75) is 32.4 Å². The highest BCUT2D eigenvalue weighted by atomic mass is 16.2. The lowest BCUT2D eigenvalue weighted by atomic mass is 10.2. The molecule has 1 aromatic carbocycles. The minimum Gasteiger partial charge on any atom is -0.350 e. The average Bonchev–Trinajstić information content (AvgIpc) is 3.29. The van der Waals surface area contributed by atoms with Gasteiger partial charge in [-0.15, -0.1) is 0 Å². The van der Waals surface area contributed by atoms with Gasteiger partial charge in [0.2, 0.25) is 5.95 Å². The number of nitrogens with one attached hydrogen (secondary N) is 2. The second kappa shape index (κ2) is 5.91. The van der Waals surface area contributed by atoms with Gasteiger partial charge < -0.3 is 10.6 Å². The summed E-state index contributed by atoms with van der Waals surface area (Å²) in [6, 6.07) is 12.1. The zero-order chi connectivity index (χ0) is 14.7. The van der Waals surface area contributed by atoms with E-state index in [0.29, 0.717) is 24.2 Å². The molecule has 2 N–H and O–H groups in total. The molecule has 1 fully saturated rings. The number of anilines is 1. The number of amides is 1. The standard InChI is InChI=1S/C16H18N4O/c1-11-9-14(15(21)19-13-7-8-13)20-16(18-11)17-10-12-5-3-2-4-6-12/h2-6,9,13H,7-8,10H2,1H3,(H,19,21)(H,17,18,20). The largest absolute Gasteiger partial charge is 0.350 e. The van der Waals surface area contributed by atoms with Crippen molar-refractivity contribution in [3.05, 3.63) is 53.3 Å². The fraction of sp³-hybridized carbons (Fsp3) is 0.312. The normalized spacial score (nSPS) is 13.8. The van der Waals surface area contributed by atoms with Gasteiger partial charge in [-0.3, -0.25) is 4.79 Å². The second-order valence-corrected chi connectivity index (χ2v) is 5.31. The van der Waals surface area contributed by atoms with E-state index in [0.717, 1.165) is 24.1 Å². The second-order valence-electron chi connectivity index (χ2n) is 5.31. The minimum atomic E-state index is -0.120. The molecule has 2 aromatic rings. The van der Waals surface area contributed by atoms with E-state index < -0.39 is 0 Å². The number of hydrogen-bond donors (Lipinski definition) is 2. The van der Waals surface area contributed by atoms with Gasteiger partial charge in [0.1, 0.15) is 5.69 Å². The van der Waals surface area contributed by atoms with E-state index in [1.807, 2.05) is 37.3 Å². The van der Waals surface area contributed by atoms with E-state index in [2.05, 4.69) is 20.6 Å². The predicted molar refractivity (Wildman–Crippen MR) is 81.0 cm³/mol. The summed E-state index contributed by atoms with van der Waals surface area (Å²) in [6.45, 7) is 2.50. The van der Waals surface area contributed by atoms with Gasteiger partial charge in [0.15, 0.2) is 0 Å². The van der Waals surface area contributed by atoms with Gasteiger partial charge in [0, 0.05) is 18.3 Å². The van der Waals surface area contributed by atoms with Crippen LogP contribution < -0.4 is 10.6 Å². The van der Waals surface area contributed by atoms with Crippen LogP contribution in [0.4, 0.5) is 5.95 Å². The molecule has 0 spiro atoms. The number of rotatable bonds is 5. The first kappa shape index (κ1) is 13.5. The summed E-state index contributed by atoms with van der Waals surface area (Å²) in [7, 11) is 0. The molecule has 5 heteroatoms. The monoisotopic (exact) mass is 282 g/mol. The summed E-state index contributed by atoms with van der Waals surface area (Å²) in [6.07, 6.45) is 2.13. The Morgan fingerprint density at radius 3 is 2.71 bits per heavy atom. The minimum absolute atomic E-state index is 0.120. The fourth-order valence-electron chi connectivity index (χ4n) is 2.03. The molecule has 1 aliphatic rings. The van der Waals surface area contributed by atoms with Gasteiger partial charge in [0.25, 0.3) is 5.91 Å². The molecule has 0 saturated heterocycles. The first-order valence-corrected chi connectivity index (χ1v) is 7.15. The molecule has 108 valence electrons. The van der Waals surface area contributed by atoms with E-state index >= 15 is 0 Å². The Kier molecular flexibility index (Phi) is 3.81. The number of carbonyl (C=O) groups excluding carboxylic acids is 1. The number of benzene rings is 1. The maximum atomic E-state index is 12.0. The van der Waals surface area contributed by atoms with E-state index in [1.165, 1.54) is 0 Å². The molecular formula is C16H18N4O. The highest BCUT2D eigenvalue weighted by Gasteiger charge is 2.24. The van der Waals surface area contributed by atoms with Crippen LogP contribution in [0.2, 0.25) is 0 Å². The number of nitrogens with zero attached hydrogens (tertiary/aromatic N) is 2. The number of aromatic nitrogens is 2. The van der Waals surface area contributed by atoms with Crippen molar-refractivity contribution in [1.29, 1.82) is 0 Å². The van der Waals surface area contributed by atoms with Crippen molar-refractivity contribution in [1.82, 2.24) is 15.3 Å². The van der Waals surface area contributed by atoms with Gasteiger partial charge >= 0.3 is 0 Å². The third kappa shape index (κ3) is 3.78. The van der Waals surface area contributed by atoms with Crippen LogP contribution in [0.3, 0.4) is 0 Å². The maximum Gasteiger partial charge on any atom is 0.270 e.